The van der Waals surface area contributed by atoms with Gasteiger partial charge in [0.1, 0.15) is 6.67 Å². The van der Waals surface area contributed by atoms with Crippen LogP contribution in [0, 0.1) is 0 Å². The minimum absolute atomic E-state index is 0.296. The van der Waals surface area contributed by atoms with E-state index in [0.717, 1.165) is 12.8 Å². The monoisotopic (exact) mass is 118 g/mol. The molecule has 0 aromatic heterocycles. The Kier molecular flexibility index (Phi) is 2.27. The molecule has 1 aliphatic rings. The summed E-state index contributed by atoms with van der Waals surface area (Å²) in [5.41, 5.74) is 0. The summed E-state index contributed by atoms with van der Waals surface area (Å²) in [6.45, 7) is -0.0405. The molecule has 0 radical (unpaired) electrons. The second-order valence-electron chi connectivity index (χ2n) is 2.11. The summed E-state index contributed by atoms with van der Waals surface area (Å²) in [4.78, 5) is 0. The minimum atomic E-state index is -0.337. The third-order valence-corrected chi connectivity index (χ3v) is 1.48. The molecule has 0 aromatic carbocycles. The molecule has 0 bridgehead atoms. The van der Waals surface area contributed by atoms with E-state index in [1.54, 1.807) is 0 Å². The van der Waals surface area contributed by atoms with Gasteiger partial charge >= 0.3 is 0 Å². The van der Waals surface area contributed by atoms with E-state index in [-0.39, 0.29) is 6.67 Å². The van der Waals surface area contributed by atoms with Gasteiger partial charge in [0.15, 0.2) is 0 Å². The van der Waals surface area contributed by atoms with Crippen LogP contribution in [0.5, 0.6) is 0 Å². The van der Waals surface area contributed by atoms with Crippen molar-refractivity contribution in [3.05, 3.63) is 0 Å². The van der Waals surface area contributed by atoms with Gasteiger partial charge in [-0.25, -0.2) is 4.39 Å². The average Bonchev–Trinajstić information content (AvgIpc) is 1.63. The second kappa shape index (κ2) is 3.02. The van der Waals surface area contributed by atoms with E-state index in [9.17, 15) is 4.39 Å². The molecule has 0 aliphatic heterocycles. The van der Waals surface area contributed by atoms with Gasteiger partial charge in [0, 0.05) is 0 Å². The van der Waals surface area contributed by atoms with Crippen LogP contribution in [0.4, 0.5) is 4.39 Å². The van der Waals surface area contributed by atoms with Crippen molar-refractivity contribution in [1.82, 2.24) is 0 Å². The van der Waals surface area contributed by atoms with Gasteiger partial charge < -0.3 is 4.74 Å². The summed E-state index contributed by atoms with van der Waals surface area (Å²) in [6.07, 6.45) is 3.93. The maximum Gasteiger partial charge on any atom is 0.113 e. The lowest BCUT2D eigenvalue weighted by Crippen LogP contribution is -2.22. The zero-order valence-electron chi connectivity index (χ0n) is 4.90. The molecule has 1 nitrogen and oxygen atoms in total. The van der Waals surface area contributed by atoms with Crippen LogP contribution in [0.2, 0.25) is 0 Å². The highest BCUT2D eigenvalue weighted by Crippen LogP contribution is 2.21. The van der Waals surface area contributed by atoms with Gasteiger partial charge in [-0.05, 0) is 19.3 Å². The maximum absolute atomic E-state index is 11.4. The molecule has 2 heteroatoms. The van der Waals surface area contributed by atoms with Crippen LogP contribution in [0.3, 0.4) is 0 Å². The molecule has 48 valence electrons. The Balaban J connectivity index is 1.86. The molecule has 0 N–H and O–H groups in total. The third kappa shape index (κ3) is 1.44. The van der Waals surface area contributed by atoms with Crippen LogP contribution >= 0.6 is 0 Å². The molecule has 0 atom stereocenters. The first-order chi connectivity index (χ1) is 3.93. The number of rotatable bonds is 3. The third-order valence-electron chi connectivity index (χ3n) is 1.48. The van der Waals surface area contributed by atoms with E-state index in [4.69, 9.17) is 4.74 Å². The lowest BCUT2D eigenvalue weighted by molar-refractivity contribution is -0.00341. The summed E-state index contributed by atoms with van der Waals surface area (Å²) in [7, 11) is 0. The minimum Gasteiger partial charge on any atom is -0.376 e. The SMILES string of the molecule is FCCOC1CCC1. The van der Waals surface area contributed by atoms with Crippen molar-refractivity contribution in [3.8, 4) is 0 Å². The van der Waals surface area contributed by atoms with Crippen LogP contribution in [0.1, 0.15) is 19.3 Å². The Morgan fingerprint density at radius 2 is 2.25 bits per heavy atom. The van der Waals surface area contributed by atoms with Crippen molar-refractivity contribution < 1.29 is 9.13 Å². The fraction of sp³-hybridized carbons (Fsp3) is 1.00. The molecule has 1 rings (SSSR count). The van der Waals surface area contributed by atoms with E-state index in [2.05, 4.69) is 0 Å². The van der Waals surface area contributed by atoms with Crippen molar-refractivity contribution in [2.24, 2.45) is 0 Å². The molecule has 0 heterocycles. The fourth-order valence-electron chi connectivity index (χ4n) is 0.749. The van der Waals surface area contributed by atoms with Crippen LogP contribution in [0.15, 0.2) is 0 Å². The van der Waals surface area contributed by atoms with Crippen molar-refractivity contribution in [1.29, 1.82) is 0 Å². The highest BCUT2D eigenvalue weighted by molar-refractivity contribution is 4.68. The van der Waals surface area contributed by atoms with E-state index in [1.165, 1.54) is 6.42 Å². The quantitative estimate of drug-likeness (QED) is 0.546. The molecule has 0 spiro atoms. The Morgan fingerprint density at radius 1 is 1.50 bits per heavy atom. The Morgan fingerprint density at radius 3 is 2.62 bits per heavy atom. The van der Waals surface area contributed by atoms with E-state index < -0.39 is 0 Å². The van der Waals surface area contributed by atoms with E-state index >= 15 is 0 Å². The Bertz CT molecular complexity index is 61.5. The molecular weight excluding hydrogens is 107 g/mol. The Labute approximate surface area is 48.8 Å². The van der Waals surface area contributed by atoms with Gasteiger partial charge in [0.2, 0.25) is 0 Å². The number of alkyl halides is 1. The first-order valence-electron chi connectivity index (χ1n) is 3.11. The number of hydrogen-bond acceptors (Lipinski definition) is 1. The zero-order chi connectivity index (χ0) is 5.82. The standard InChI is InChI=1S/C6H11FO/c7-4-5-8-6-2-1-3-6/h6H,1-5H2. The van der Waals surface area contributed by atoms with Crippen LogP contribution in [-0.2, 0) is 4.74 Å². The molecular formula is C6H11FO. The normalized spacial score (nSPS) is 20.6. The lowest BCUT2D eigenvalue weighted by atomic mass is 9.96. The maximum atomic E-state index is 11.4. The fourth-order valence-corrected chi connectivity index (χ4v) is 0.749. The van der Waals surface area contributed by atoms with E-state index in [0.29, 0.717) is 12.7 Å². The average molecular weight is 118 g/mol. The van der Waals surface area contributed by atoms with Crippen LogP contribution < -0.4 is 0 Å². The van der Waals surface area contributed by atoms with Crippen LogP contribution in [-0.4, -0.2) is 19.4 Å². The number of hydrogen-bond donors (Lipinski definition) is 0. The van der Waals surface area contributed by atoms with Gasteiger partial charge in [-0.2, -0.15) is 0 Å². The van der Waals surface area contributed by atoms with E-state index in [1.807, 2.05) is 0 Å². The number of ether oxygens (including phenoxy) is 1. The highest BCUT2D eigenvalue weighted by Gasteiger charge is 2.16. The second-order valence-corrected chi connectivity index (χ2v) is 2.11. The van der Waals surface area contributed by atoms with Gasteiger partial charge in [-0.3, -0.25) is 0 Å². The summed E-state index contributed by atoms with van der Waals surface area (Å²) in [6, 6.07) is 0. The van der Waals surface area contributed by atoms with Crippen molar-refractivity contribution >= 4 is 0 Å². The van der Waals surface area contributed by atoms with Crippen LogP contribution in [0.25, 0.3) is 0 Å². The summed E-state index contributed by atoms with van der Waals surface area (Å²) < 4.78 is 16.4. The molecule has 0 aromatic rings. The zero-order valence-corrected chi connectivity index (χ0v) is 4.90. The van der Waals surface area contributed by atoms with Crippen molar-refractivity contribution in [2.75, 3.05) is 13.3 Å². The molecule has 1 aliphatic carbocycles. The summed E-state index contributed by atoms with van der Waals surface area (Å²) in [5.74, 6) is 0. The molecule has 0 saturated heterocycles. The van der Waals surface area contributed by atoms with Crippen molar-refractivity contribution in [2.45, 2.75) is 25.4 Å². The van der Waals surface area contributed by atoms with Gasteiger partial charge in [0.25, 0.3) is 0 Å². The molecule has 0 amide bonds. The van der Waals surface area contributed by atoms with Crippen molar-refractivity contribution in [3.63, 3.8) is 0 Å². The first-order valence-corrected chi connectivity index (χ1v) is 3.11. The topological polar surface area (TPSA) is 9.23 Å². The Hall–Kier alpha value is -0.110. The smallest absolute Gasteiger partial charge is 0.113 e. The summed E-state index contributed by atoms with van der Waals surface area (Å²) >= 11 is 0. The summed E-state index contributed by atoms with van der Waals surface area (Å²) in [5, 5.41) is 0. The predicted molar refractivity (Wildman–Crippen MR) is 29.6 cm³/mol. The van der Waals surface area contributed by atoms with Gasteiger partial charge in [-0.15, -0.1) is 0 Å². The lowest BCUT2D eigenvalue weighted by Gasteiger charge is -2.24. The van der Waals surface area contributed by atoms with Gasteiger partial charge in [0.05, 0.1) is 12.7 Å². The highest BCUT2D eigenvalue weighted by atomic mass is 19.1. The first kappa shape index (κ1) is 6.02. The number of halogens is 1. The molecule has 1 saturated carbocycles. The van der Waals surface area contributed by atoms with Gasteiger partial charge in [-0.1, -0.05) is 0 Å². The predicted octanol–water partition coefficient (Wildman–Crippen LogP) is 1.52. The molecule has 0 unspecified atom stereocenters. The molecule has 8 heavy (non-hydrogen) atoms. The molecule has 1 fully saturated rings. The largest absolute Gasteiger partial charge is 0.376 e.